The molecule has 0 radical (unpaired) electrons. The van der Waals surface area contributed by atoms with Crippen molar-refractivity contribution in [2.24, 2.45) is 0 Å². The number of hydrogen-bond donors (Lipinski definition) is 0. The van der Waals surface area contributed by atoms with Gasteiger partial charge in [0.15, 0.2) is 0 Å². The smallest absolute Gasteiger partial charge is 0.166 e. The van der Waals surface area contributed by atoms with E-state index < -0.39 is 11.7 Å². The van der Waals surface area contributed by atoms with E-state index in [4.69, 9.17) is 0 Å². The molecule has 1 aromatic carbocycles. The van der Waals surface area contributed by atoms with Crippen molar-refractivity contribution in [3.05, 3.63) is 40.5 Å². The normalized spacial score (nSPS) is 15.4. The Hall–Kier alpha value is -1.25. The third-order valence-corrected chi connectivity index (χ3v) is 3.12. The van der Waals surface area contributed by atoms with E-state index in [-0.39, 0.29) is 0 Å². The minimum Gasteiger partial charge on any atom is -0.166 e. The Morgan fingerprint density at radius 1 is 1.18 bits per heavy atom. The molecule has 0 aromatic heterocycles. The van der Waals surface area contributed by atoms with Crippen LogP contribution in [0.15, 0.2) is 23.8 Å². The quantitative estimate of drug-likeness (QED) is 0.694. The molecular formula is C14H15F3. The third-order valence-electron chi connectivity index (χ3n) is 3.12. The fourth-order valence-electron chi connectivity index (χ4n) is 2.24. The predicted molar refractivity (Wildman–Crippen MR) is 62.7 cm³/mol. The molecule has 0 heterocycles. The van der Waals surface area contributed by atoms with E-state index in [0.717, 1.165) is 36.8 Å². The first-order chi connectivity index (χ1) is 8.00. The van der Waals surface area contributed by atoms with Crippen molar-refractivity contribution in [2.45, 2.75) is 38.8 Å². The Morgan fingerprint density at radius 3 is 2.59 bits per heavy atom. The highest BCUT2D eigenvalue weighted by Crippen LogP contribution is 2.33. The van der Waals surface area contributed by atoms with Gasteiger partial charge in [-0.25, -0.2) is 0 Å². The molecule has 0 unspecified atom stereocenters. The zero-order valence-electron chi connectivity index (χ0n) is 9.77. The zero-order chi connectivity index (χ0) is 12.5. The van der Waals surface area contributed by atoms with Crippen LogP contribution in [0.2, 0.25) is 0 Å². The van der Waals surface area contributed by atoms with E-state index in [1.165, 1.54) is 17.7 Å². The fraction of sp³-hybridized carbons (Fsp3) is 0.429. The highest BCUT2D eigenvalue weighted by molar-refractivity contribution is 5.60. The van der Waals surface area contributed by atoms with E-state index in [9.17, 15) is 13.2 Å². The summed E-state index contributed by atoms with van der Waals surface area (Å²) in [7, 11) is 0. The van der Waals surface area contributed by atoms with Gasteiger partial charge in [-0.2, -0.15) is 13.2 Å². The van der Waals surface area contributed by atoms with E-state index in [1.807, 2.05) is 6.08 Å². The number of rotatable bonds is 2. The topological polar surface area (TPSA) is 0 Å². The Balaban J connectivity index is 2.36. The second-order valence-electron chi connectivity index (χ2n) is 4.46. The number of allylic oxidation sites excluding steroid dienone is 1. The van der Waals surface area contributed by atoms with Crippen LogP contribution >= 0.6 is 0 Å². The molecule has 2 rings (SSSR count). The summed E-state index contributed by atoms with van der Waals surface area (Å²) in [6, 6.07) is 4.05. The van der Waals surface area contributed by atoms with Gasteiger partial charge in [-0.3, -0.25) is 0 Å². The Bertz CT molecular complexity index is 441. The van der Waals surface area contributed by atoms with Crippen molar-refractivity contribution in [2.75, 3.05) is 0 Å². The first kappa shape index (κ1) is 12.2. The van der Waals surface area contributed by atoms with Gasteiger partial charge in [0.25, 0.3) is 0 Å². The van der Waals surface area contributed by atoms with Crippen molar-refractivity contribution >= 4 is 6.08 Å². The highest BCUT2D eigenvalue weighted by atomic mass is 19.4. The standard InChI is InChI=1S/C14H15F3/c1-2-3-10-4-5-11-6-7-13(14(15,16)17)9-12(11)8-10/h6-9H,2-5H2,1H3. The minimum absolute atomic E-state index is 0.551. The summed E-state index contributed by atoms with van der Waals surface area (Å²) in [6.07, 6.45) is 1.55. The van der Waals surface area contributed by atoms with Crippen molar-refractivity contribution in [3.8, 4) is 0 Å². The molecule has 17 heavy (non-hydrogen) atoms. The maximum Gasteiger partial charge on any atom is 0.416 e. The van der Waals surface area contributed by atoms with Crippen LogP contribution < -0.4 is 0 Å². The van der Waals surface area contributed by atoms with Gasteiger partial charge < -0.3 is 0 Å². The molecule has 92 valence electrons. The number of halogens is 3. The van der Waals surface area contributed by atoms with E-state index in [0.29, 0.717) is 0 Å². The Labute approximate surface area is 99.2 Å². The van der Waals surface area contributed by atoms with Gasteiger partial charge >= 0.3 is 6.18 Å². The Kier molecular flexibility index (Phi) is 3.27. The third kappa shape index (κ3) is 2.71. The molecule has 0 fully saturated rings. The van der Waals surface area contributed by atoms with Crippen LogP contribution in [0.25, 0.3) is 6.08 Å². The van der Waals surface area contributed by atoms with Crippen LogP contribution in [0.5, 0.6) is 0 Å². The van der Waals surface area contributed by atoms with Gasteiger partial charge in [0.2, 0.25) is 0 Å². The molecule has 0 amide bonds. The molecule has 1 aliphatic carbocycles. The van der Waals surface area contributed by atoms with Crippen LogP contribution in [0.4, 0.5) is 13.2 Å². The van der Waals surface area contributed by atoms with E-state index >= 15 is 0 Å². The second-order valence-corrected chi connectivity index (χ2v) is 4.46. The number of benzene rings is 1. The van der Waals surface area contributed by atoms with Crippen LogP contribution in [0.1, 0.15) is 42.9 Å². The number of alkyl halides is 3. The summed E-state index contributed by atoms with van der Waals surface area (Å²) in [5, 5.41) is 0. The van der Waals surface area contributed by atoms with E-state index in [2.05, 4.69) is 6.92 Å². The molecule has 0 bridgehead atoms. The van der Waals surface area contributed by atoms with Gasteiger partial charge in [0.1, 0.15) is 0 Å². The summed E-state index contributed by atoms with van der Waals surface area (Å²) in [5.74, 6) is 0. The van der Waals surface area contributed by atoms with Gasteiger partial charge in [-0.1, -0.05) is 31.1 Å². The van der Waals surface area contributed by atoms with Gasteiger partial charge in [0, 0.05) is 0 Å². The van der Waals surface area contributed by atoms with Gasteiger partial charge in [-0.15, -0.1) is 0 Å². The predicted octanol–water partition coefficient (Wildman–Crippen LogP) is 4.84. The zero-order valence-corrected chi connectivity index (χ0v) is 9.77. The van der Waals surface area contributed by atoms with Gasteiger partial charge in [-0.05, 0) is 42.5 Å². The van der Waals surface area contributed by atoms with Crippen molar-refractivity contribution in [1.82, 2.24) is 0 Å². The lowest BCUT2D eigenvalue weighted by molar-refractivity contribution is -0.137. The largest absolute Gasteiger partial charge is 0.416 e. The molecule has 3 heteroatoms. The van der Waals surface area contributed by atoms with Crippen LogP contribution in [-0.2, 0) is 12.6 Å². The van der Waals surface area contributed by atoms with Crippen LogP contribution in [0, 0.1) is 0 Å². The monoisotopic (exact) mass is 240 g/mol. The maximum atomic E-state index is 12.6. The molecule has 1 aliphatic rings. The first-order valence-electron chi connectivity index (χ1n) is 5.90. The molecule has 0 N–H and O–H groups in total. The molecule has 0 saturated carbocycles. The molecule has 0 aliphatic heterocycles. The molecule has 0 spiro atoms. The van der Waals surface area contributed by atoms with E-state index in [1.54, 1.807) is 6.07 Å². The highest BCUT2D eigenvalue weighted by Gasteiger charge is 2.31. The molecule has 0 nitrogen and oxygen atoms in total. The summed E-state index contributed by atoms with van der Waals surface area (Å²) in [5.41, 5.74) is 2.48. The van der Waals surface area contributed by atoms with Crippen LogP contribution in [0.3, 0.4) is 0 Å². The van der Waals surface area contributed by atoms with Crippen molar-refractivity contribution < 1.29 is 13.2 Å². The van der Waals surface area contributed by atoms with Crippen LogP contribution in [-0.4, -0.2) is 0 Å². The SMILES string of the molecule is CCCC1=Cc2cc(C(F)(F)F)ccc2CC1. The lowest BCUT2D eigenvalue weighted by Crippen LogP contribution is -2.07. The minimum atomic E-state index is -4.24. The summed E-state index contributed by atoms with van der Waals surface area (Å²) in [4.78, 5) is 0. The average Bonchev–Trinajstić information content (AvgIpc) is 2.27. The first-order valence-corrected chi connectivity index (χ1v) is 5.90. The molecule has 1 aromatic rings. The second kappa shape index (κ2) is 4.55. The fourth-order valence-corrected chi connectivity index (χ4v) is 2.24. The number of hydrogen-bond acceptors (Lipinski definition) is 0. The lowest BCUT2D eigenvalue weighted by atomic mass is 9.89. The maximum absolute atomic E-state index is 12.6. The number of aryl methyl sites for hydroxylation is 1. The average molecular weight is 240 g/mol. The molecular weight excluding hydrogens is 225 g/mol. The van der Waals surface area contributed by atoms with Crippen molar-refractivity contribution in [3.63, 3.8) is 0 Å². The van der Waals surface area contributed by atoms with Crippen molar-refractivity contribution in [1.29, 1.82) is 0 Å². The molecule has 0 saturated heterocycles. The van der Waals surface area contributed by atoms with Gasteiger partial charge in [0.05, 0.1) is 5.56 Å². The summed E-state index contributed by atoms with van der Waals surface area (Å²) >= 11 is 0. The lowest BCUT2D eigenvalue weighted by Gasteiger charge is -2.18. The summed E-state index contributed by atoms with van der Waals surface area (Å²) in [6.45, 7) is 2.09. The molecule has 0 atom stereocenters. The summed E-state index contributed by atoms with van der Waals surface area (Å²) < 4.78 is 37.7. The number of fused-ring (bicyclic) bond motifs is 1. The Morgan fingerprint density at radius 2 is 1.94 bits per heavy atom.